The molecule has 3 aromatic rings. The molecule has 1 aliphatic carbocycles. The summed E-state index contributed by atoms with van der Waals surface area (Å²) in [5, 5.41) is 5.03. The van der Waals surface area contributed by atoms with Crippen molar-refractivity contribution in [3.8, 4) is 0 Å². The van der Waals surface area contributed by atoms with E-state index in [9.17, 15) is 4.79 Å². The third kappa shape index (κ3) is 3.27. The van der Waals surface area contributed by atoms with Gasteiger partial charge in [-0.2, -0.15) is 0 Å². The maximum Gasteiger partial charge on any atom is 0.258 e. The monoisotopic (exact) mass is 408 g/mol. The van der Waals surface area contributed by atoms with Crippen LogP contribution < -0.4 is 10.6 Å². The standard InChI is InChI=1S/C20H21N6O2P/c1-11-14(15-17(25-20(2)4-5-20)23-10-24-18(15)28-11)19(27)26-6-3-12(9-26)16-21-7-13(29)8-22-16/h3,7-8,10H,4-6,9,29H2,1-2H3,(H,23,24,25). The van der Waals surface area contributed by atoms with E-state index in [0.717, 1.165) is 23.7 Å². The molecule has 4 heterocycles. The van der Waals surface area contributed by atoms with Crippen LogP contribution >= 0.6 is 9.24 Å². The molecule has 9 heteroatoms. The number of carbonyl (C=O) groups is 1. The van der Waals surface area contributed by atoms with E-state index in [2.05, 4.69) is 41.4 Å². The maximum atomic E-state index is 13.4. The van der Waals surface area contributed by atoms with Gasteiger partial charge in [0.15, 0.2) is 5.82 Å². The summed E-state index contributed by atoms with van der Waals surface area (Å²) in [6, 6.07) is 0. The first-order valence-electron chi connectivity index (χ1n) is 9.52. The minimum Gasteiger partial charge on any atom is -0.442 e. The molecule has 2 aliphatic rings. The number of aryl methyl sites for hydroxylation is 1. The Bertz CT molecular complexity index is 1150. The van der Waals surface area contributed by atoms with Crippen molar-refractivity contribution in [1.29, 1.82) is 0 Å². The molecule has 3 aromatic heterocycles. The average Bonchev–Trinajstić information content (AvgIpc) is 3.11. The van der Waals surface area contributed by atoms with Gasteiger partial charge in [-0.15, -0.1) is 9.24 Å². The summed E-state index contributed by atoms with van der Waals surface area (Å²) in [4.78, 5) is 32.5. The zero-order valence-corrected chi connectivity index (χ0v) is 17.4. The van der Waals surface area contributed by atoms with Crippen molar-refractivity contribution in [3.63, 3.8) is 0 Å². The van der Waals surface area contributed by atoms with Crippen LogP contribution in [0.4, 0.5) is 5.82 Å². The molecule has 0 saturated heterocycles. The lowest BCUT2D eigenvalue weighted by atomic mass is 10.1. The van der Waals surface area contributed by atoms with Crippen LogP contribution in [-0.2, 0) is 0 Å². The summed E-state index contributed by atoms with van der Waals surface area (Å²) in [6.45, 7) is 4.89. The van der Waals surface area contributed by atoms with Crippen LogP contribution in [0.5, 0.6) is 0 Å². The van der Waals surface area contributed by atoms with Gasteiger partial charge in [-0.25, -0.2) is 19.9 Å². The summed E-state index contributed by atoms with van der Waals surface area (Å²) < 4.78 is 5.80. The first-order valence-corrected chi connectivity index (χ1v) is 10.1. The quantitative estimate of drug-likeness (QED) is 0.662. The second-order valence-corrected chi connectivity index (χ2v) is 8.54. The van der Waals surface area contributed by atoms with Crippen molar-refractivity contribution in [1.82, 2.24) is 24.8 Å². The second kappa shape index (κ2) is 6.59. The van der Waals surface area contributed by atoms with E-state index in [4.69, 9.17) is 4.42 Å². The summed E-state index contributed by atoms with van der Waals surface area (Å²) in [7, 11) is 2.57. The number of furan rings is 1. The van der Waals surface area contributed by atoms with Gasteiger partial charge in [0, 0.05) is 41.9 Å². The Balaban J connectivity index is 1.46. The number of carbonyl (C=O) groups excluding carboxylic acids is 1. The fourth-order valence-corrected chi connectivity index (χ4v) is 3.68. The zero-order chi connectivity index (χ0) is 20.2. The molecule has 5 rings (SSSR count). The molecule has 8 nitrogen and oxygen atoms in total. The Morgan fingerprint density at radius 3 is 2.72 bits per heavy atom. The van der Waals surface area contributed by atoms with E-state index in [1.165, 1.54) is 6.33 Å². The van der Waals surface area contributed by atoms with E-state index in [-0.39, 0.29) is 11.4 Å². The Hall–Kier alpha value is -2.86. The van der Waals surface area contributed by atoms with Crippen molar-refractivity contribution in [2.24, 2.45) is 0 Å². The number of nitrogens with one attached hydrogen (secondary N) is 1. The van der Waals surface area contributed by atoms with Gasteiger partial charge in [0.1, 0.15) is 17.9 Å². The topological polar surface area (TPSA) is 97.0 Å². The zero-order valence-electron chi connectivity index (χ0n) is 16.3. The molecule has 1 aliphatic heterocycles. The number of amides is 1. The van der Waals surface area contributed by atoms with Crippen molar-refractivity contribution in [2.45, 2.75) is 32.2 Å². The van der Waals surface area contributed by atoms with Crippen molar-refractivity contribution < 1.29 is 9.21 Å². The molecular formula is C20H21N6O2P. The third-order valence-electron chi connectivity index (χ3n) is 5.46. The fraction of sp³-hybridized carbons (Fsp3) is 0.350. The first kappa shape index (κ1) is 18.2. The number of hydrogen-bond donors (Lipinski definition) is 1. The molecule has 1 unspecified atom stereocenters. The number of anilines is 1. The highest BCUT2D eigenvalue weighted by Gasteiger charge is 2.39. The summed E-state index contributed by atoms with van der Waals surface area (Å²) >= 11 is 0. The average molecular weight is 408 g/mol. The van der Waals surface area contributed by atoms with Crippen LogP contribution in [0.1, 0.15) is 41.7 Å². The van der Waals surface area contributed by atoms with Crippen molar-refractivity contribution in [2.75, 3.05) is 18.4 Å². The second-order valence-electron chi connectivity index (χ2n) is 7.88. The summed E-state index contributed by atoms with van der Waals surface area (Å²) in [5.74, 6) is 1.75. The maximum absolute atomic E-state index is 13.4. The minimum absolute atomic E-state index is 0.0240. The van der Waals surface area contributed by atoms with E-state index in [1.807, 2.05) is 6.08 Å². The van der Waals surface area contributed by atoms with E-state index in [0.29, 0.717) is 47.2 Å². The molecule has 1 fully saturated rings. The number of rotatable bonds is 4. The van der Waals surface area contributed by atoms with Gasteiger partial charge >= 0.3 is 0 Å². The van der Waals surface area contributed by atoms with Crippen LogP contribution in [0, 0.1) is 6.92 Å². The molecule has 0 aromatic carbocycles. The largest absolute Gasteiger partial charge is 0.442 e. The van der Waals surface area contributed by atoms with Crippen LogP contribution in [-0.4, -0.2) is 49.4 Å². The lowest BCUT2D eigenvalue weighted by Crippen LogP contribution is -2.29. The predicted octanol–water partition coefficient (Wildman–Crippen LogP) is 2.33. The molecule has 1 saturated carbocycles. The Labute approximate surface area is 170 Å². The fourth-order valence-electron chi connectivity index (χ4n) is 3.53. The molecule has 0 bridgehead atoms. The molecule has 0 radical (unpaired) electrons. The van der Waals surface area contributed by atoms with Crippen LogP contribution in [0.2, 0.25) is 0 Å². The molecule has 1 atom stereocenters. The van der Waals surface area contributed by atoms with Gasteiger partial charge in [0.25, 0.3) is 5.91 Å². The number of fused-ring (bicyclic) bond motifs is 1. The SMILES string of the molecule is Cc1oc2ncnc(NC3(C)CC3)c2c1C(=O)N1CC=C(c2ncc(P)cn2)C1. The van der Waals surface area contributed by atoms with Crippen LogP contribution in [0.15, 0.2) is 29.2 Å². The lowest BCUT2D eigenvalue weighted by molar-refractivity contribution is 0.0801. The van der Waals surface area contributed by atoms with Gasteiger partial charge in [-0.05, 0) is 26.7 Å². The highest BCUT2D eigenvalue weighted by molar-refractivity contribution is 7.27. The lowest BCUT2D eigenvalue weighted by Gasteiger charge is -2.17. The highest BCUT2D eigenvalue weighted by Crippen LogP contribution is 2.40. The minimum atomic E-state index is -0.103. The molecular weight excluding hydrogens is 387 g/mol. The van der Waals surface area contributed by atoms with E-state index in [1.54, 1.807) is 24.2 Å². The molecule has 1 N–H and O–H groups in total. The predicted molar refractivity (Wildman–Crippen MR) is 113 cm³/mol. The van der Waals surface area contributed by atoms with Crippen molar-refractivity contribution >= 4 is 42.9 Å². The summed E-state index contributed by atoms with van der Waals surface area (Å²) in [6.07, 6.45) is 9.12. The van der Waals surface area contributed by atoms with Crippen LogP contribution in [0.3, 0.4) is 0 Å². The molecule has 29 heavy (non-hydrogen) atoms. The van der Waals surface area contributed by atoms with E-state index >= 15 is 0 Å². The van der Waals surface area contributed by atoms with Gasteiger partial charge in [0.05, 0.1) is 10.9 Å². The normalized spacial score (nSPS) is 17.5. The summed E-state index contributed by atoms with van der Waals surface area (Å²) in [5.41, 5.74) is 1.91. The number of nitrogens with zero attached hydrogens (tertiary/aromatic N) is 5. The highest BCUT2D eigenvalue weighted by atomic mass is 31.0. The van der Waals surface area contributed by atoms with Crippen molar-refractivity contribution in [3.05, 3.63) is 41.9 Å². The smallest absolute Gasteiger partial charge is 0.258 e. The van der Waals surface area contributed by atoms with Crippen LogP contribution in [0.25, 0.3) is 16.7 Å². The van der Waals surface area contributed by atoms with Gasteiger partial charge in [-0.1, -0.05) is 6.08 Å². The Morgan fingerprint density at radius 2 is 2.00 bits per heavy atom. The van der Waals surface area contributed by atoms with E-state index < -0.39 is 0 Å². The number of hydrogen-bond acceptors (Lipinski definition) is 7. The Morgan fingerprint density at radius 1 is 1.24 bits per heavy atom. The van der Waals surface area contributed by atoms with Gasteiger partial charge in [-0.3, -0.25) is 4.79 Å². The van der Waals surface area contributed by atoms with Gasteiger partial charge < -0.3 is 14.6 Å². The van der Waals surface area contributed by atoms with Gasteiger partial charge in [0.2, 0.25) is 5.71 Å². The molecule has 148 valence electrons. The molecule has 0 spiro atoms. The number of aromatic nitrogens is 4. The third-order valence-corrected chi connectivity index (χ3v) is 5.76. The first-order chi connectivity index (χ1) is 13.9. The Kier molecular flexibility index (Phi) is 4.13. The molecule has 1 amide bonds.